The molecule has 20 heavy (non-hydrogen) atoms. The first kappa shape index (κ1) is 13.3. The van der Waals surface area contributed by atoms with E-state index in [1.54, 1.807) is 0 Å². The standard InChI is InChI=1S/C16H20N2O2/c19-12-5-8-18(9-6-12)10-7-16(20)14-11-17-15-4-2-1-3-13(14)15/h1-4,11-12,17,19H,5-10H2. The highest BCUT2D eigenvalue weighted by atomic mass is 16.3. The Balaban J connectivity index is 1.62. The zero-order chi connectivity index (χ0) is 13.9. The predicted octanol–water partition coefficient (Wildman–Crippen LogP) is 2.20. The number of benzene rings is 1. The van der Waals surface area contributed by atoms with E-state index in [1.807, 2.05) is 30.5 Å². The molecule has 0 spiro atoms. The molecule has 3 rings (SSSR count). The second-order valence-corrected chi connectivity index (χ2v) is 5.49. The van der Waals surface area contributed by atoms with Gasteiger partial charge in [0.1, 0.15) is 0 Å². The molecule has 1 aliphatic heterocycles. The summed E-state index contributed by atoms with van der Waals surface area (Å²) in [4.78, 5) is 17.7. The number of carbonyl (C=O) groups is 1. The molecule has 1 aromatic carbocycles. The van der Waals surface area contributed by atoms with Crippen LogP contribution in [-0.4, -0.2) is 46.5 Å². The Hall–Kier alpha value is -1.65. The fraction of sp³-hybridized carbons (Fsp3) is 0.438. The summed E-state index contributed by atoms with van der Waals surface area (Å²) < 4.78 is 0. The Morgan fingerprint density at radius 3 is 2.85 bits per heavy atom. The zero-order valence-electron chi connectivity index (χ0n) is 11.5. The number of nitrogens with one attached hydrogen (secondary N) is 1. The number of aromatic amines is 1. The van der Waals surface area contributed by atoms with Gasteiger partial charge in [0.2, 0.25) is 0 Å². The van der Waals surface area contributed by atoms with Gasteiger partial charge < -0.3 is 15.0 Å². The molecule has 0 aliphatic carbocycles. The first-order valence-electron chi connectivity index (χ1n) is 7.24. The van der Waals surface area contributed by atoms with Crippen LogP contribution in [0.4, 0.5) is 0 Å². The van der Waals surface area contributed by atoms with Gasteiger partial charge in [-0.05, 0) is 18.9 Å². The molecule has 106 valence electrons. The van der Waals surface area contributed by atoms with E-state index >= 15 is 0 Å². The van der Waals surface area contributed by atoms with Gasteiger partial charge in [-0.1, -0.05) is 18.2 Å². The van der Waals surface area contributed by atoms with E-state index in [2.05, 4.69) is 9.88 Å². The number of para-hydroxylation sites is 1. The second-order valence-electron chi connectivity index (χ2n) is 5.49. The van der Waals surface area contributed by atoms with Gasteiger partial charge in [0.05, 0.1) is 6.10 Å². The third kappa shape index (κ3) is 2.76. The van der Waals surface area contributed by atoms with Crippen LogP contribution in [0.2, 0.25) is 0 Å². The molecule has 1 saturated heterocycles. The lowest BCUT2D eigenvalue weighted by Gasteiger charge is -2.29. The molecule has 2 N–H and O–H groups in total. The van der Waals surface area contributed by atoms with Crippen LogP contribution in [0.15, 0.2) is 30.5 Å². The summed E-state index contributed by atoms with van der Waals surface area (Å²) in [6.45, 7) is 2.57. The summed E-state index contributed by atoms with van der Waals surface area (Å²) in [7, 11) is 0. The lowest BCUT2D eigenvalue weighted by molar-refractivity contribution is 0.0778. The van der Waals surface area contributed by atoms with Gasteiger partial charge in [0.15, 0.2) is 5.78 Å². The van der Waals surface area contributed by atoms with Gasteiger partial charge in [-0.15, -0.1) is 0 Å². The number of rotatable bonds is 4. The summed E-state index contributed by atoms with van der Waals surface area (Å²) >= 11 is 0. The van der Waals surface area contributed by atoms with Crippen molar-refractivity contribution in [2.45, 2.75) is 25.4 Å². The largest absolute Gasteiger partial charge is 0.393 e. The average Bonchev–Trinajstić information content (AvgIpc) is 2.90. The van der Waals surface area contributed by atoms with Crippen LogP contribution < -0.4 is 0 Å². The van der Waals surface area contributed by atoms with Crippen molar-refractivity contribution in [3.63, 3.8) is 0 Å². The third-order valence-electron chi connectivity index (χ3n) is 4.10. The van der Waals surface area contributed by atoms with Crippen molar-refractivity contribution >= 4 is 16.7 Å². The van der Waals surface area contributed by atoms with Gasteiger partial charge in [-0.25, -0.2) is 0 Å². The molecular formula is C16H20N2O2. The fourth-order valence-electron chi connectivity index (χ4n) is 2.84. The van der Waals surface area contributed by atoms with Crippen LogP contribution in [0.1, 0.15) is 29.6 Å². The van der Waals surface area contributed by atoms with Crippen molar-refractivity contribution in [3.8, 4) is 0 Å². The van der Waals surface area contributed by atoms with Crippen LogP contribution >= 0.6 is 0 Å². The van der Waals surface area contributed by atoms with Crippen LogP contribution in [0.3, 0.4) is 0 Å². The number of hydrogen-bond donors (Lipinski definition) is 2. The van der Waals surface area contributed by atoms with E-state index < -0.39 is 0 Å². The SMILES string of the molecule is O=C(CCN1CCC(O)CC1)c1c[nH]c2ccccc12. The number of aliphatic hydroxyl groups is 1. The van der Waals surface area contributed by atoms with Crippen LogP contribution in [0.5, 0.6) is 0 Å². The van der Waals surface area contributed by atoms with Crippen molar-refractivity contribution in [2.75, 3.05) is 19.6 Å². The lowest BCUT2D eigenvalue weighted by atomic mass is 10.0. The molecule has 1 fully saturated rings. The highest BCUT2D eigenvalue weighted by molar-refractivity contribution is 6.07. The Kier molecular flexibility index (Phi) is 3.85. The molecule has 0 radical (unpaired) electrons. The number of nitrogens with zero attached hydrogens (tertiary/aromatic N) is 1. The van der Waals surface area contributed by atoms with Gasteiger partial charge in [0, 0.05) is 48.7 Å². The normalized spacial score (nSPS) is 17.6. The van der Waals surface area contributed by atoms with E-state index in [-0.39, 0.29) is 11.9 Å². The van der Waals surface area contributed by atoms with Crippen molar-refractivity contribution in [1.82, 2.24) is 9.88 Å². The first-order chi connectivity index (χ1) is 9.74. The van der Waals surface area contributed by atoms with E-state index in [0.29, 0.717) is 6.42 Å². The topological polar surface area (TPSA) is 56.3 Å². The summed E-state index contributed by atoms with van der Waals surface area (Å²) in [6, 6.07) is 7.89. The molecule has 4 heteroatoms. The number of carbonyl (C=O) groups excluding carboxylic acids is 1. The Labute approximate surface area is 118 Å². The maximum absolute atomic E-state index is 12.3. The molecule has 1 aliphatic rings. The van der Waals surface area contributed by atoms with E-state index in [1.165, 1.54) is 0 Å². The summed E-state index contributed by atoms with van der Waals surface area (Å²) in [5, 5.41) is 10.5. The Bertz CT molecular complexity index is 597. The average molecular weight is 272 g/mol. The smallest absolute Gasteiger partial charge is 0.166 e. The Morgan fingerprint density at radius 2 is 2.05 bits per heavy atom. The molecule has 1 aromatic heterocycles. The highest BCUT2D eigenvalue weighted by Gasteiger charge is 2.18. The van der Waals surface area contributed by atoms with Crippen LogP contribution in [0.25, 0.3) is 10.9 Å². The van der Waals surface area contributed by atoms with Crippen LogP contribution in [-0.2, 0) is 0 Å². The predicted molar refractivity (Wildman–Crippen MR) is 78.9 cm³/mol. The maximum atomic E-state index is 12.3. The number of likely N-dealkylation sites (tertiary alicyclic amines) is 1. The molecule has 2 heterocycles. The number of Topliss-reactive ketones (excluding diaryl/α,β-unsaturated/α-hetero) is 1. The minimum atomic E-state index is -0.157. The highest BCUT2D eigenvalue weighted by Crippen LogP contribution is 2.19. The molecular weight excluding hydrogens is 252 g/mol. The van der Waals surface area contributed by atoms with Gasteiger partial charge in [-0.3, -0.25) is 4.79 Å². The number of hydrogen-bond acceptors (Lipinski definition) is 3. The first-order valence-corrected chi connectivity index (χ1v) is 7.24. The zero-order valence-corrected chi connectivity index (χ0v) is 11.5. The summed E-state index contributed by atoms with van der Waals surface area (Å²) in [6.07, 6.45) is 3.84. The monoisotopic (exact) mass is 272 g/mol. The molecule has 0 bridgehead atoms. The van der Waals surface area contributed by atoms with E-state index in [0.717, 1.165) is 48.9 Å². The Morgan fingerprint density at radius 1 is 1.30 bits per heavy atom. The van der Waals surface area contributed by atoms with Crippen molar-refractivity contribution in [2.24, 2.45) is 0 Å². The number of aliphatic hydroxyl groups excluding tert-OH is 1. The minimum absolute atomic E-state index is 0.157. The van der Waals surface area contributed by atoms with Gasteiger partial charge in [-0.2, -0.15) is 0 Å². The molecule has 0 atom stereocenters. The van der Waals surface area contributed by atoms with Crippen molar-refractivity contribution < 1.29 is 9.90 Å². The number of aromatic nitrogens is 1. The maximum Gasteiger partial charge on any atom is 0.166 e. The molecule has 2 aromatic rings. The lowest BCUT2D eigenvalue weighted by Crippen LogP contribution is -2.37. The molecule has 4 nitrogen and oxygen atoms in total. The third-order valence-corrected chi connectivity index (χ3v) is 4.10. The summed E-state index contributed by atoms with van der Waals surface area (Å²) in [5.41, 5.74) is 1.80. The van der Waals surface area contributed by atoms with Crippen molar-refractivity contribution in [1.29, 1.82) is 0 Å². The summed E-state index contributed by atoms with van der Waals surface area (Å²) in [5.74, 6) is 0.188. The van der Waals surface area contributed by atoms with Crippen LogP contribution in [0, 0.1) is 0 Å². The fourth-order valence-corrected chi connectivity index (χ4v) is 2.84. The van der Waals surface area contributed by atoms with E-state index in [4.69, 9.17) is 0 Å². The van der Waals surface area contributed by atoms with Gasteiger partial charge >= 0.3 is 0 Å². The minimum Gasteiger partial charge on any atom is -0.393 e. The second kappa shape index (κ2) is 5.77. The number of fused-ring (bicyclic) bond motifs is 1. The quantitative estimate of drug-likeness (QED) is 0.839. The van der Waals surface area contributed by atoms with Crippen molar-refractivity contribution in [3.05, 3.63) is 36.0 Å². The molecule has 0 saturated carbocycles. The molecule has 0 unspecified atom stereocenters. The van der Waals surface area contributed by atoms with Gasteiger partial charge in [0.25, 0.3) is 0 Å². The molecule has 0 amide bonds. The van der Waals surface area contributed by atoms with E-state index in [9.17, 15) is 9.90 Å². The number of ketones is 1. The number of piperidine rings is 1. The number of H-pyrrole nitrogens is 1.